The van der Waals surface area contributed by atoms with E-state index in [0.717, 1.165) is 33.3 Å². The molecule has 1 fully saturated rings. The molecule has 3 N–H and O–H groups in total. The molecule has 0 spiro atoms. The first-order valence-corrected chi connectivity index (χ1v) is 12.7. The monoisotopic (exact) mass is 522 g/mol. The lowest BCUT2D eigenvalue weighted by atomic mass is 9.91. The van der Waals surface area contributed by atoms with Crippen molar-refractivity contribution in [2.75, 3.05) is 5.32 Å². The predicted octanol–water partition coefficient (Wildman–Crippen LogP) is 6.62. The van der Waals surface area contributed by atoms with Gasteiger partial charge in [0.1, 0.15) is 17.5 Å². The smallest absolute Gasteiger partial charge is 0.412 e. The molecule has 9 heteroatoms. The Morgan fingerprint density at radius 3 is 2.46 bits per heavy atom. The van der Waals surface area contributed by atoms with E-state index < -0.39 is 23.6 Å². The van der Waals surface area contributed by atoms with Gasteiger partial charge in [-0.25, -0.2) is 9.78 Å². The number of carbonyl (C=O) groups excluding carboxylic acids is 1. The highest BCUT2D eigenvalue weighted by Gasteiger charge is 2.53. The number of anilines is 1. The number of rotatable bonds is 7. The van der Waals surface area contributed by atoms with Gasteiger partial charge in [0.25, 0.3) is 0 Å². The van der Waals surface area contributed by atoms with Crippen molar-refractivity contribution in [2.24, 2.45) is 0 Å². The first-order chi connectivity index (χ1) is 18.9. The second-order valence-electron chi connectivity index (χ2n) is 9.81. The number of carboxylic acids is 1. The number of amides is 1. The van der Waals surface area contributed by atoms with Crippen molar-refractivity contribution in [3.8, 4) is 22.5 Å². The van der Waals surface area contributed by atoms with E-state index in [0.29, 0.717) is 35.5 Å². The number of aromatic amines is 1. The molecule has 1 aliphatic carbocycles. The number of aliphatic carboxylic acids is 1. The Hall–Kier alpha value is -4.92. The number of hydrogen-bond acceptors (Lipinski definition) is 6. The number of carbonyl (C=O) groups is 2. The van der Waals surface area contributed by atoms with Gasteiger partial charge < -0.3 is 19.4 Å². The number of imidazole rings is 1. The average molecular weight is 523 g/mol. The molecule has 196 valence electrons. The summed E-state index contributed by atoms with van der Waals surface area (Å²) in [6.07, 6.45) is 1.79. The Balaban J connectivity index is 1.25. The van der Waals surface area contributed by atoms with Gasteiger partial charge in [-0.15, -0.1) is 0 Å². The third-order valence-corrected chi connectivity index (χ3v) is 7.36. The molecule has 1 aliphatic rings. The van der Waals surface area contributed by atoms with Crippen molar-refractivity contribution in [2.45, 2.75) is 38.2 Å². The molecule has 6 rings (SSSR count). The minimum atomic E-state index is -0.844. The summed E-state index contributed by atoms with van der Waals surface area (Å²) in [4.78, 5) is 32.2. The largest absolute Gasteiger partial charge is 0.481 e. The summed E-state index contributed by atoms with van der Waals surface area (Å²) in [5, 5.41) is 16.6. The Morgan fingerprint density at radius 1 is 1.05 bits per heavy atom. The molecule has 0 saturated heterocycles. The number of carboxylic acid groups (broad SMARTS) is 1. The van der Waals surface area contributed by atoms with Crippen molar-refractivity contribution >= 4 is 28.8 Å². The Kier molecular flexibility index (Phi) is 5.91. The van der Waals surface area contributed by atoms with Crippen molar-refractivity contribution in [3.63, 3.8) is 0 Å². The van der Waals surface area contributed by atoms with Crippen LogP contribution >= 0.6 is 0 Å². The lowest BCUT2D eigenvalue weighted by Gasteiger charge is -2.14. The maximum Gasteiger partial charge on any atom is 0.412 e. The van der Waals surface area contributed by atoms with Crippen LogP contribution in [0.1, 0.15) is 42.7 Å². The SMILES string of the molecule is Cc1noc(-c2ccc(-c3ccc(C4(C(=O)O)CC4)c4nc[nH]c34)cc2)c1NC(=O)OC(C)c1ccccc1. The lowest BCUT2D eigenvalue weighted by Crippen LogP contribution is -2.19. The van der Waals surface area contributed by atoms with Crippen molar-refractivity contribution in [1.29, 1.82) is 0 Å². The fraction of sp³-hybridized carbons (Fsp3) is 0.200. The molecule has 9 nitrogen and oxygen atoms in total. The zero-order valence-corrected chi connectivity index (χ0v) is 21.4. The number of fused-ring (bicyclic) bond motifs is 1. The van der Waals surface area contributed by atoms with E-state index in [1.54, 1.807) is 13.3 Å². The van der Waals surface area contributed by atoms with E-state index in [4.69, 9.17) is 9.26 Å². The molecule has 2 heterocycles. The van der Waals surface area contributed by atoms with Gasteiger partial charge in [-0.1, -0.05) is 71.9 Å². The third kappa shape index (κ3) is 4.31. The Labute approximate surface area is 223 Å². The van der Waals surface area contributed by atoms with Gasteiger partial charge in [-0.05, 0) is 43.4 Å². The zero-order chi connectivity index (χ0) is 27.1. The highest BCUT2D eigenvalue weighted by atomic mass is 16.6. The highest BCUT2D eigenvalue weighted by molar-refractivity contribution is 5.99. The molecule has 3 aromatic carbocycles. The van der Waals surface area contributed by atoms with Crippen LogP contribution < -0.4 is 5.32 Å². The fourth-order valence-electron chi connectivity index (χ4n) is 4.98. The number of ether oxygens (including phenoxy) is 1. The maximum absolute atomic E-state index is 12.7. The summed E-state index contributed by atoms with van der Waals surface area (Å²) in [5.41, 5.74) is 5.78. The molecular formula is C30H26N4O5. The summed E-state index contributed by atoms with van der Waals surface area (Å²) in [6, 6.07) is 20.9. The number of H-pyrrole nitrogens is 1. The van der Waals surface area contributed by atoms with Crippen molar-refractivity contribution in [1.82, 2.24) is 15.1 Å². The van der Waals surface area contributed by atoms with Crippen LogP contribution in [-0.2, 0) is 14.9 Å². The molecule has 0 bridgehead atoms. The number of nitrogens with zero attached hydrogens (tertiary/aromatic N) is 2. The van der Waals surface area contributed by atoms with E-state index in [-0.39, 0.29) is 0 Å². The predicted molar refractivity (Wildman–Crippen MR) is 145 cm³/mol. The second kappa shape index (κ2) is 9.43. The van der Waals surface area contributed by atoms with Crippen LogP contribution in [0.4, 0.5) is 10.5 Å². The van der Waals surface area contributed by atoms with Gasteiger partial charge in [0.15, 0.2) is 5.76 Å². The molecule has 1 saturated carbocycles. The summed E-state index contributed by atoms with van der Waals surface area (Å²) >= 11 is 0. The molecule has 1 atom stereocenters. The van der Waals surface area contributed by atoms with Gasteiger partial charge in [-0.3, -0.25) is 10.1 Å². The van der Waals surface area contributed by atoms with Crippen LogP contribution in [0.5, 0.6) is 0 Å². The Morgan fingerprint density at radius 2 is 1.77 bits per heavy atom. The van der Waals surface area contributed by atoms with Gasteiger partial charge in [0, 0.05) is 11.1 Å². The second-order valence-corrected chi connectivity index (χ2v) is 9.81. The number of aromatic nitrogens is 3. The summed E-state index contributed by atoms with van der Waals surface area (Å²) < 4.78 is 11.1. The number of nitrogens with one attached hydrogen (secondary N) is 2. The van der Waals surface area contributed by atoms with E-state index in [9.17, 15) is 14.7 Å². The third-order valence-electron chi connectivity index (χ3n) is 7.36. The molecule has 0 aliphatic heterocycles. The topological polar surface area (TPSA) is 130 Å². The first kappa shape index (κ1) is 24.4. The van der Waals surface area contributed by atoms with Gasteiger partial charge in [0.05, 0.1) is 22.8 Å². The van der Waals surface area contributed by atoms with E-state index >= 15 is 0 Å². The maximum atomic E-state index is 12.7. The van der Waals surface area contributed by atoms with Crippen LogP contribution in [0.2, 0.25) is 0 Å². The number of benzene rings is 3. The highest BCUT2D eigenvalue weighted by Crippen LogP contribution is 2.51. The molecule has 1 unspecified atom stereocenters. The zero-order valence-electron chi connectivity index (χ0n) is 21.4. The molecule has 0 radical (unpaired) electrons. The Bertz CT molecular complexity index is 1680. The standard InChI is InChI=1S/C30H26N4O5/c1-17-24(33-29(37)38-18(2)19-6-4-3-5-7-19)27(39-34-17)21-10-8-20(9-11-21)22-12-13-23(26-25(22)31-16-32-26)30(14-15-30)28(35)36/h3-13,16,18H,14-15H2,1-2H3,(H,31,32)(H,33,37)(H,35,36). The van der Waals surface area contributed by atoms with E-state index in [1.807, 2.05) is 73.7 Å². The van der Waals surface area contributed by atoms with E-state index in [2.05, 4.69) is 20.4 Å². The first-order valence-electron chi connectivity index (χ1n) is 12.7. The number of aryl methyl sites for hydroxylation is 1. The minimum absolute atomic E-state index is 0.419. The summed E-state index contributed by atoms with van der Waals surface area (Å²) in [5.74, 6) is -0.392. The van der Waals surface area contributed by atoms with Gasteiger partial charge in [0.2, 0.25) is 0 Å². The average Bonchev–Trinajstić information content (AvgIpc) is 3.48. The molecule has 2 aromatic heterocycles. The van der Waals surface area contributed by atoms with Crippen LogP contribution in [0.25, 0.3) is 33.5 Å². The lowest BCUT2D eigenvalue weighted by molar-refractivity contribution is -0.140. The molecular weight excluding hydrogens is 496 g/mol. The van der Waals surface area contributed by atoms with Crippen LogP contribution in [0.3, 0.4) is 0 Å². The van der Waals surface area contributed by atoms with Crippen LogP contribution in [0.15, 0.2) is 77.6 Å². The molecule has 1 amide bonds. The van der Waals surface area contributed by atoms with Crippen LogP contribution in [0, 0.1) is 6.92 Å². The molecule has 39 heavy (non-hydrogen) atoms. The summed E-state index contributed by atoms with van der Waals surface area (Å²) in [6.45, 7) is 3.56. The van der Waals surface area contributed by atoms with Crippen LogP contribution in [-0.4, -0.2) is 32.3 Å². The van der Waals surface area contributed by atoms with Crippen molar-refractivity contribution < 1.29 is 24.0 Å². The van der Waals surface area contributed by atoms with E-state index in [1.165, 1.54) is 0 Å². The normalized spacial score (nSPS) is 14.6. The van der Waals surface area contributed by atoms with Gasteiger partial charge in [-0.2, -0.15) is 0 Å². The quantitative estimate of drug-likeness (QED) is 0.219. The fourth-order valence-corrected chi connectivity index (χ4v) is 4.98. The number of hydrogen-bond donors (Lipinski definition) is 3. The minimum Gasteiger partial charge on any atom is -0.481 e. The van der Waals surface area contributed by atoms with Crippen molar-refractivity contribution in [3.05, 3.63) is 89.9 Å². The molecule has 5 aromatic rings. The van der Waals surface area contributed by atoms with Gasteiger partial charge >= 0.3 is 12.1 Å². The summed E-state index contributed by atoms with van der Waals surface area (Å²) in [7, 11) is 0.